The number of ether oxygens (including phenoxy) is 2. The van der Waals surface area contributed by atoms with Crippen LogP contribution in [0, 0.1) is 0 Å². The van der Waals surface area contributed by atoms with Crippen molar-refractivity contribution in [3.63, 3.8) is 0 Å². The molecule has 0 spiro atoms. The van der Waals surface area contributed by atoms with Gasteiger partial charge in [-0.15, -0.1) is 0 Å². The van der Waals surface area contributed by atoms with Gasteiger partial charge in [0, 0.05) is 0 Å². The molecule has 1 aromatic heterocycles. The number of carbonyl (C=O) groups is 2. The lowest BCUT2D eigenvalue weighted by molar-refractivity contribution is 0.0273. The van der Waals surface area contributed by atoms with Crippen molar-refractivity contribution in [1.29, 1.82) is 0 Å². The van der Waals surface area contributed by atoms with Gasteiger partial charge in [-0.1, -0.05) is 0 Å². The zero-order valence-electron chi connectivity index (χ0n) is 13.2. The van der Waals surface area contributed by atoms with Crippen LogP contribution in [0.25, 0.3) is 0 Å². The van der Waals surface area contributed by atoms with Crippen molar-refractivity contribution in [2.75, 3.05) is 13.1 Å². The van der Waals surface area contributed by atoms with E-state index in [1.165, 1.54) is 23.2 Å². The number of halogens is 1. The van der Waals surface area contributed by atoms with Crippen molar-refractivity contribution in [1.82, 2.24) is 9.88 Å². The van der Waals surface area contributed by atoms with Crippen LogP contribution in [0.15, 0.2) is 18.3 Å². The van der Waals surface area contributed by atoms with Crippen molar-refractivity contribution in [3.8, 4) is 5.75 Å². The van der Waals surface area contributed by atoms with E-state index >= 15 is 0 Å². The number of nitrogens with zero attached hydrogens (tertiary/aromatic N) is 2. The molecule has 1 saturated heterocycles. The first kappa shape index (κ1) is 17.0. The smallest absolute Gasteiger partial charge is 0.410 e. The fourth-order valence-electron chi connectivity index (χ4n) is 2.07. The van der Waals surface area contributed by atoms with Gasteiger partial charge in [0.25, 0.3) is 0 Å². The lowest BCUT2D eigenvalue weighted by atomic mass is 10.2. The average molecular weight is 326 g/mol. The van der Waals surface area contributed by atoms with E-state index in [9.17, 15) is 14.0 Å². The third-order valence-electron chi connectivity index (χ3n) is 3.09. The van der Waals surface area contributed by atoms with Gasteiger partial charge in [-0.25, -0.2) is 19.0 Å². The van der Waals surface area contributed by atoms with Gasteiger partial charge in [0.15, 0.2) is 6.17 Å². The van der Waals surface area contributed by atoms with E-state index in [-0.39, 0.29) is 24.5 Å². The monoisotopic (exact) mass is 326 g/mol. The number of hydrogen-bond acceptors (Lipinski definition) is 5. The Balaban J connectivity index is 1.96. The molecular weight excluding hydrogens is 307 g/mol. The molecule has 1 fully saturated rings. The van der Waals surface area contributed by atoms with Crippen molar-refractivity contribution < 1.29 is 28.6 Å². The number of hydrogen-bond donors (Lipinski definition) is 1. The summed E-state index contributed by atoms with van der Waals surface area (Å²) in [5.41, 5.74) is -0.783. The van der Waals surface area contributed by atoms with E-state index in [2.05, 4.69) is 4.98 Å². The lowest BCUT2D eigenvalue weighted by Crippen LogP contribution is -2.36. The highest BCUT2D eigenvalue weighted by Crippen LogP contribution is 2.22. The standard InChI is InChI=1S/C15H19FN2O5/c1-15(2,3)23-14(21)18-7-10(16)12(8-18)22-9-4-5-11(13(19)20)17-6-9/h4-6,10,12H,7-8H2,1-3H3,(H,19,20)/t10-,12+/m1/s1. The number of amides is 1. The molecule has 7 nitrogen and oxygen atoms in total. The van der Waals surface area contributed by atoms with Gasteiger partial charge in [0.05, 0.1) is 19.3 Å². The van der Waals surface area contributed by atoms with E-state index < -0.39 is 29.9 Å². The summed E-state index contributed by atoms with van der Waals surface area (Å²) >= 11 is 0. The second-order valence-electron chi connectivity index (χ2n) is 6.24. The van der Waals surface area contributed by atoms with Gasteiger partial charge in [-0.3, -0.25) is 0 Å². The number of alkyl halides is 1. The van der Waals surface area contributed by atoms with Crippen LogP contribution in [-0.2, 0) is 4.74 Å². The van der Waals surface area contributed by atoms with Crippen LogP contribution in [0.4, 0.5) is 9.18 Å². The second kappa shape index (κ2) is 6.39. The number of aromatic carboxylic acids is 1. The average Bonchev–Trinajstić information content (AvgIpc) is 2.79. The van der Waals surface area contributed by atoms with Crippen LogP contribution in [0.5, 0.6) is 5.75 Å². The first-order valence-electron chi connectivity index (χ1n) is 7.14. The molecule has 0 bridgehead atoms. The van der Waals surface area contributed by atoms with Crippen LogP contribution < -0.4 is 4.74 Å². The Morgan fingerprint density at radius 1 is 1.35 bits per heavy atom. The highest BCUT2D eigenvalue weighted by atomic mass is 19.1. The molecule has 1 aliphatic rings. The van der Waals surface area contributed by atoms with Crippen LogP contribution in [0.2, 0.25) is 0 Å². The minimum Gasteiger partial charge on any atom is -0.484 e. The van der Waals surface area contributed by atoms with Crippen molar-refractivity contribution in [2.45, 2.75) is 38.6 Å². The summed E-state index contributed by atoms with van der Waals surface area (Å²) in [7, 11) is 0. The maximum absolute atomic E-state index is 14.0. The molecular formula is C15H19FN2O5. The molecule has 1 aromatic rings. The normalized spacial score (nSPS) is 21.1. The third-order valence-corrected chi connectivity index (χ3v) is 3.09. The first-order valence-corrected chi connectivity index (χ1v) is 7.14. The molecule has 0 saturated carbocycles. The number of carboxylic acids is 1. The minimum absolute atomic E-state index is 0.0523. The number of carboxylic acid groups (broad SMARTS) is 1. The number of aromatic nitrogens is 1. The van der Waals surface area contributed by atoms with Crippen LogP contribution in [0.3, 0.4) is 0 Å². The number of rotatable bonds is 3. The van der Waals surface area contributed by atoms with Crippen molar-refractivity contribution in [3.05, 3.63) is 24.0 Å². The van der Waals surface area contributed by atoms with Crippen LogP contribution >= 0.6 is 0 Å². The van der Waals surface area contributed by atoms with E-state index in [0.717, 1.165) is 0 Å². The van der Waals surface area contributed by atoms with Gasteiger partial charge in [0.1, 0.15) is 23.1 Å². The van der Waals surface area contributed by atoms with Gasteiger partial charge < -0.3 is 19.5 Å². The number of pyridine rings is 1. The Hall–Kier alpha value is -2.38. The zero-order valence-corrected chi connectivity index (χ0v) is 13.2. The third kappa shape index (κ3) is 4.54. The molecule has 2 heterocycles. The second-order valence-corrected chi connectivity index (χ2v) is 6.24. The van der Waals surface area contributed by atoms with Crippen LogP contribution in [0.1, 0.15) is 31.3 Å². The summed E-state index contributed by atoms with van der Waals surface area (Å²) in [5, 5.41) is 8.77. The summed E-state index contributed by atoms with van der Waals surface area (Å²) < 4.78 is 24.7. The van der Waals surface area contributed by atoms with Gasteiger partial charge in [-0.05, 0) is 32.9 Å². The van der Waals surface area contributed by atoms with E-state index in [4.69, 9.17) is 14.6 Å². The van der Waals surface area contributed by atoms with E-state index in [0.29, 0.717) is 0 Å². The summed E-state index contributed by atoms with van der Waals surface area (Å²) in [6.07, 6.45) is -1.58. The summed E-state index contributed by atoms with van der Waals surface area (Å²) in [6.45, 7) is 5.14. The highest BCUT2D eigenvalue weighted by Gasteiger charge is 2.39. The SMILES string of the molecule is CC(C)(C)OC(=O)N1C[C@@H](F)[C@@H](Oc2ccc(C(=O)O)nc2)C1. The molecule has 23 heavy (non-hydrogen) atoms. The summed E-state index contributed by atoms with van der Waals surface area (Å²) in [6, 6.07) is 2.67. The summed E-state index contributed by atoms with van der Waals surface area (Å²) in [5.74, 6) is -0.912. The van der Waals surface area contributed by atoms with Gasteiger partial charge in [0.2, 0.25) is 0 Å². The predicted octanol–water partition coefficient (Wildman–Crippen LogP) is 2.12. The van der Waals surface area contributed by atoms with Crippen LogP contribution in [-0.4, -0.2) is 58.0 Å². The molecule has 0 unspecified atom stereocenters. The molecule has 1 amide bonds. The van der Waals surface area contributed by atoms with E-state index in [1.807, 2.05) is 0 Å². The predicted molar refractivity (Wildman–Crippen MR) is 78.3 cm³/mol. The lowest BCUT2D eigenvalue weighted by Gasteiger charge is -2.24. The van der Waals surface area contributed by atoms with Crippen molar-refractivity contribution in [2.24, 2.45) is 0 Å². The Bertz CT molecular complexity index is 585. The molecule has 2 atom stereocenters. The number of carbonyl (C=O) groups excluding carboxylic acids is 1. The Morgan fingerprint density at radius 2 is 2.04 bits per heavy atom. The van der Waals surface area contributed by atoms with Gasteiger partial charge >= 0.3 is 12.1 Å². The fourth-order valence-corrected chi connectivity index (χ4v) is 2.07. The van der Waals surface area contributed by atoms with Gasteiger partial charge in [-0.2, -0.15) is 0 Å². The molecule has 1 aliphatic heterocycles. The molecule has 0 radical (unpaired) electrons. The molecule has 8 heteroatoms. The summed E-state index contributed by atoms with van der Waals surface area (Å²) in [4.78, 5) is 27.6. The molecule has 2 rings (SSSR count). The quantitative estimate of drug-likeness (QED) is 0.915. The minimum atomic E-state index is -1.36. The molecule has 1 N–H and O–H groups in total. The molecule has 0 aromatic carbocycles. The molecule has 126 valence electrons. The fraction of sp³-hybridized carbons (Fsp3) is 0.533. The zero-order chi connectivity index (χ0) is 17.2. The maximum atomic E-state index is 14.0. The first-order chi connectivity index (χ1) is 10.7. The largest absolute Gasteiger partial charge is 0.484 e. The maximum Gasteiger partial charge on any atom is 0.410 e. The Kier molecular flexibility index (Phi) is 4.72. The Labute approximate surface area is 133 Å². The highest BCUT2D eigenvalue weighted by molar-refractivity contribution is 5.85. The Morgan fingerprint density at radius 3 is 2.57 bits per heavy atom. The topological polar surface area (TPSA) is 89.0 Å². The molecule has 0 aliphatic carbocycles. The van der Waals surface area contributed by atoms with Crippen molar-refractivity contribution >= 4 is 12.1 Å². The van der Waals surface area contributed by atoms with E-state index in [1.54, 1.807) is 20.8 Å². The number of likely N-dealkylation sites (tertiary alicyclic amines) is 1.